The number of carbonyl (C=O) groups excluding carboxylic acids is 1. The molecule has 1 aliphatic heterocycles. The van der Waals surface area contributed by atoms with E-state index in [2.05, 4.69) is 47.0 Å². The van der Waals surface area contributed by atoms with Crippen LogP contribution in [0.4, 0.5) is 5.95 Å². The van der Waals surface area contributed by atoms with Gasteiger partial charge in [0, 0.05) is 30.0 Å². The van der Waals surface area contributed by atoms with Crippen LogP contribution in [0.1, 0.15) is 27.3 Å². The van der Waals surface area contributed by atoms with E-state index >= 15 is 0 Å². The zero-order valence-electron chi connectivity index (χ0n) is 19.1. The average Bonchev–Trinajstić information content (AvgIpc) is 3.58. The minimum Gasteiger partial charge on any atom is -0.378 e. The Bertz CT molecular complexity index is 1260. The molecule has 0 spiro atoms. The molecular weight excluding hydrogens is 452 g/mol. The molecule has 11 heteroatoms. The Labute approximate surface area is 201 Å². The number of hydrogen-bond acceptors (Lipinski definition) is 8. The van der Waals surface area contributed by atoms with E-state index in [4.69, 9.17) is 4.74 Å². The number of aromatic amines is 1. The third kappa shape index (κ3) is 4.48. The maximum Gasteiger partial charge on any atom is 0.229 e. The van der Waals surface area contributed by atoms with Crippen molar-refractivity contribution in [3.05, 3.63) is 65.2 Å². The van der Waals surface area contributed by atoms with E-state index in [-0.39, 0.29) is 11.5 Å². The Morgan fingerprint density at radius 2 is 1.94 bits per heavy atom. The van der Waals surface area contributed by atoms with Gasteiger partial charge in [0.25, 0.3) is 0 Å². The lowest BCUT2D eigenvalue weighted by atomic mass is 10.2. The number of thioether (sulfide) groups is 1. The molecule has 1 saturated heterocycles. The summed E-state index contributed by atoms with van der Waals surface area (Å²) in [7, 11) is 0. The number of nitrogens with one attached hydrogen (secondary N) is 1. The molecule has 0 radical (unpaired) electrons. The summed E-state index contributed by atoms with van der Waals surface area (Å²) in [5.41, 5.74) is 3.58. The van der Waals surface area contributed by atoms with Crippen LogP contribution in [0.3, 0.4) is 0 Å². The quantitative estimate of drug-likeness (QED) is 0.304. The van der Waals surface area contributed by atoms with E-state index in [1.165, 1.54) is 18.1 Å². The van der Waals surface area contributed by atoms with Crippen LogP contribution in [0.2, 0.25) is 0 Å². The number of anilines is 1. The fourth-order valence-electron chi connectivity index (χ4n) is 4.18. The highest BCUT2D eigenvalue weighted by Gasteiger charge is 2.23. The molecule has 1 aliphatic rings. The maximum absolute atomic E-state index is 13.2. The number of nitrogens with zero attached hydrogens (tertiary/aromatic N) is 7. The van der Waals surface area contributed by atoms with E-state index < -0.39 is 0 Å². The number of aryl methyl sites for hydroxylation is 1. The molecule has 0 amide bonds. The SMILES string of the molecule is Cc1cc(C(=O)CSc2nnc(N3CCOCC3)n2Cc2ccccc2)c(C)n1-c1ncn[nH]1. The monoisotopic (exact) mass is 478 g/mol. The molecule has 0 saturated carbocycles. The first-order chi connectivity index (χ1) is 16.6. The second kappa shape index (κ2) is 9.82. The van der Waals surface area contributed by atoms with Gasteiger partial charge in [-0.25, -0.2) is 5.10 Å². The van der Waals surface area contributed by atoms with E-state index in [1.54, 1.807) is 0 Å². The van der Waals surface area contributed by atoms with Crippen LogP contribution in [0.5, 0.6) is 0 Å². The summed E-state index contributed by atoms with van der Waals surface area (Å²) in [6.45, 7) is 7.37. The fourth-order valence-corrected chi connectivity index (χ4v) is 4.99. The number of H-pyrrole nitrogens is 1. The van der Waals surface area contributed by atoms with Crippen molar-refractivity contribution in [1.82, 2.24) is 34.5 Å². The topological polar surface area (TPSA) is 107 Å². The van der Waals surface area contributed by atoms with Crippen LogP contribution < -0.4 is 4.90 Å². The Kier molecular flexibility index (Phi) is 6.45. The van der Waals surface area contributed by atoms with Gasteiger partial charge in [-0.05, 0) is 25.5 Å². The summed E-state index contributed by atoms with van der Waals surface area (Å²) in [5, 5.41) is 16.4. The van der Waals surface area contributed by atoms with Gasteiger partial charge in [0.2, 0.25) is 11.9 Å². The van der Waals surface area contributed by atoms with Gasteiger partial charge in [-0.15, -0.1) is 10.2 Å². The summed E-state index contributed by atoms with van der Waals surface area (Å²) in [5.74, 6) is 1.70. The summed E-state index contributed by atoms with van der Waals surface area (Å²) >= 11 is 1.41. The number of benzene rings is 1. The Balaban J connectivity index is 1.37. The summed E-state index contributed by atoms with van der Waals surface area (Å²) in [6.07, 6.45) is 1.46. The normalized spacial score (nSPS) is 14.0. The lowest BCUT2D eigenvalue weighted by molar-refractivity contribution is 0.102. The molecule has 1 aromatic carbocycles. The van der Waals surface area contributed by atoms with Crippen molar-refractivity contribution in [1.29, 1.82) is 0 Å². The summed E-state index contributed by atoms with van der Waals surface area (Å²) in [4.78, 5) is 19.6. The van der Waals surface area contributed by atoms with E-state index in [9.17, 15) is 4.79 Å². The Morgan fingerprint density at radius 3 is 2.68 bits per heavy atom. The first kappa shape index (κ1) is 22.4. The molecule has 1 N–H and O–H groups in total. The highest BCUT2D eigenvalue weighted by atomic mass is 32.2. The third-order valence-electron chi connectivity index (χ3n) is 5.85. The van der Waals surface area contributed by atoms with Gasteiger partial charge in [-0.2, -0.15) is 10.1 Å². The predicted octanol–water partition coefficient (Wildman–Crippen LogP) is 2.66. The van der Waals surface area contributed by atoms with Crippen LogP contribution in [-0.2, 0) is 11.3 Å². The smallest absolute Gasteiger partial charge is 0.229 e. The summed E-state index contributed by atoms with van der Waals surface area (Å²) in [6, 6.07) is 12.1. The van der Waals surface area contributed by atoms with Crippen LogP contribution >= 0.6 is 11.8 Å². The van der Waals surface area contributed by atoms with Gasteiger partial charge < -0.3 is 9.64 Å². The molecule has 10 nitrogen and oxygen atoms in total. The minimum absolute atomic E-state index is 0.0334. The number of Topliss-reactive ketones (excluding diaryl/α,β-unsaturated/α-hetero) is 1. The molecule has 3 aromatic heterocycles. The second-order valence-corrected chi connectivity index (χ2v) is 9.04. The van der Waals surface area contributed by atoms with Crippen LogP contribution in [0, 0.1) is 13.8 Å². The van der Waals surface area contributed by atoms with Crippen molar-refractivity contribution < 1.29 is 9.53 Å². The van der Waals surface area contributed by atoms with Crippen molar-refractivity contribution in [3.8, 4) is 5.95 Å². The second-order valence-electron chi connectivity index (χ2n) is 8.09. The van der Waals surface area contributed by atoms with Crippen molar-refractivity contribution in [2.24, 2.45) is 0 Å². The highest BCUT2D eigenvalue weighted by Crippen LogP contribution is 2.26. The van der Waals surface area contributed by atoms with Crippen LogP contribution in [0.25, 0.3) is 5.95 Å². The van der Waals surface area contributed by atoms with Gasteiger partial charge in [0.1, 0.15) is 6.33 Å². The zero-order valence-corrected chi connectivity index (χ0v) is 20.0. The molecule has 34 heavy (non-hydrogen) atoms. The van der Waals surface area contributed by atoms with Gasteiger partial charge in [-0.3, -0.25) is 13.9 Å². The highest BCUT2D eigenvalue weighted by molar-refractivity contribution is 7.99. The number of ether oxygens (including phenoxy) is 1. The van der Waals surface area contributed by atoms with Crippen molar-refractivity contribution in [2.45, 2.75) is 25.5 Å². The Morgan fingerprint density at radius 1 is 1.15 bits per heavy atom. The van der Waals surface area contributed by atoms with E-state index in [1.807, 2.05) is 42.7 Å². The van der Waals surface area contributed by atoms with Crippen molar-refractivity contribution >= 4 is 23.5 Å². The molecule has 0 aliphatic carbocycles. The van der Waals surface area contributed by atoms with Gasteiger partial charge in [-0.1, -0.05) is 42.1 Å². The molecule has 4 aromatic rings. The van der Waals surface area contributed by atoms with Crippen molar-refractivity contribution in [3.63, 3.8) is 0 Å². The fraction of sp³-hybridized carbons (Fsp3) is 0.348. The summed E-state index contributed by atoms with van der Waals surface area (Å²) < 4.78 is 9.50. The number of aromatic nitrogens is 7. The van der Waals surface area contributed by atoms with Crippen LogP contribution in [-0.4, -0.2) is 72.4 Å². The largest absolute Gasteiger partial charge is 0.378 e. The average molecular weight is 479 g/mol. The number of rotatable bonds is 8. The maximum atomic E-state index is 13.2. The molecular formula is C23H26N8O2S. The molecule has 0 atom stereocenters. The standard InChI is InChI=1S/C23H26N8O2S/c1-16-12-19(17(2)31(16)21-24-15-25-26-21)20(32)14-34-23-28-27-22(29-8-10-33-11-9-29)30(23)13-18-6-4-3-5-7-18/h3-7,12,15H,8-11,13-14H2,1-2H3,(H,24,25,26). The lowest BCUT2D eigenvalue weighted by Gasteiger charge is -2.28. The first-order valence-electron chi connectivity index (χ1n) is 11.1. The molecule has 4 heterocycles. The molecule has 5 rings (SSSR count). The first-order valence-corrected chi connectivity index (χ1v) is 12.1. The van der Waals surface area contributed by atoms with Crippen molar-refractivity contribution in [2.75, 3.05) is 37.0 Å². The number of hydrogen-bond donors (Lipinski definition) is 1. The number of ketones is 1. The van der Waals surface area contributed by atoms with Gasteiger partial charge in [0.05, 0.1) is 25.5 Å². The lowest BCUT2D eigenvalue weighted by Crippen LogP contribution is -2.38. The zero-order chi connectivity index (χ0) is 23.5. The molecule has 0 unspecified atom stereocenters. The number of carbonyl (C=O) groups is 1. The number of morpholine rings is 1. The molecule has 1 fully saturated rings. The minimum atomic E-state index is 0.0334. The third-order valence-corrected chi connectivity index (χ3v) is 6.82. The van der Waals surface area contributed by atoms with Gasteiger partial charge >= 0.3 is 0 Å². The van der Waals surface area contributed by atoms with E-state index in [0.717, 1.165) is 41.1 Å². The van der Waals surface area contributed by atoms with Crippen LogP contribution in [0.15, 0.2) is 47.9 Å². The van der Waals surface area contributed by atoms with E-state index in [0.29, 0.717) is 31.3 Å². The predicted molar refractivity (Wildman–Crippen MR) is 129 cm³/mol. The molecule has 0 bridgehead atoms. The van der Waals surface area contributed by atoms with Gasteiger partial charge in [0.15, 0.2) is 10.9 Å². The Hall–Kier alpha value is -3.44. The molecule has 176 valence electrons.